The first-order valence-electron chi connectivity index (χ1n) is 3.58. The lowest BCUT2D eigenvalue weighted by molar-refractivity contribution is -0.141. The molecule has 0 unspecified atom stereocenters. The van der Waals surface area contributed by atoms with Gasteiger partial charge in [0.1, 0.15) is 6.61 Å². The van der Waals surface area contributed by atoms with Crippen molar-refractivity contribution in [2.45, 2.75) is 6.61 Å². The second kappa shape index (κ2) is 5.13. The molecule has 0 amide bonds. The van der Waals surface area contributed by atoms with E-state index in [-0.39, 0.29) is 5.97 Å². The van der Waals surface area contributed by atoms with Crippen molar-refractivity contribution in [3.05, 3.63) is 35.9 Å². The number of carbonyl (C=O) groups is 1. The maximum Gasteiger partial charge on any atom is 0.316 e. The molecule has 1 aromatic rings. The molecule has 0 aliphatic rings. The van der Waals surface area contributed by atoms with E-state index in [0.717, 1.165) is 5.56 Å². The number of benzene rings is 1. The second-order valence-corrected chi connectivity index (χ2v) is 3.04. The predicted octanol–water partition coefficient (Wildman–Crippen LogP) is 2.16. The molecular formula is C9H9IO2. The van der Waals surface area contributed by atoms with E-state index < -0.39 is 0 Å². The lowest BCUT2D eigenvalue weighted by Gasteiger charge is -2.01. The monoisotopic (exact) mass is 276 g/mol. The normalized spacial score (nSPS) is 9.42. The van der Waals surface area contributed by atoms with E-state index in [2.05, 4.69) is 0 Å². The number of alkyl halides is 1. The molecule has 0 saturated carbocycles. The van der Waals surface area contributed by atoms with Gasteiger partial charge in [0, 0.05) is 0 Å². The minimum absolute atomic E-state index is 0.167. The van der Waals surface area contributed by atoms with Gasteiger partial charge in [-0.05, 0) is 5.56 Å². The fourth-order valence-electron chi connectivity index (χ4n) is 0.777. The molecule has 2 nitrogen and oxygen atoms in total. The molecule has 1 aromatic carbocycles. The molecule has 0 heterocycles. The summed E-state index contributed by atoms with van der Waals surface area (Å²) in [6.07, 6.45) is 0. The van der Waals surface area contributed by atoms with Gasteiger partial charge in [-0.3, -0.25) is 4.79 Å². The third kappa shape index (κ3) is 3.21. The van der Waals surface area contributed by atoms with E-state index in [1.165, 1.54) is 0 Å². The molecule has 0 radical (unpaired) electrons. The molecule has 1 rings (SSSR count). The third-order valence-corrected chi connectivity index (χ3v) is 1.97. The van der Waals surface area contributed by atoms with Crippen LogP contribution >= 0.6 is 22.6 Å². The Hall–Kier alpha value is -0.580. The van der Waals surface area contributed by atoms with Gasteiger partial charge < -0.3 is 4.74 Å². The quantitative estimate of drug-likeness (QED) is 0.480. The molecule has 0 atom stereocenters. The zero-order valence-corrected chi connectivity index (χ0v) is 8.65. The Morgan fingerprint density at radius 1 is 1.33 bits per heavy atom. The molecule has 0 bridgehead atoms. The Balaban J connectivity index is 2.38. The molecule has 0 N–H and O–H groups in total. The van der Waals surface area contributed by atoms with Gasteiger partial charge in [-0.15, -0.1) is 0 Å². The van der Waals surface area contributed by atoms with Crippen LogP contribution in [0.3, 0.4) is 0 Å². The van der Waals surface area contributed by atoms with E-state index in [1.807, 2.05) is 52.9 Å². The smallest absolute Gasteiger partial charge is 0.316 e. The summed E-state index contributed by atoms with van der Waals surface area (Å²) in [5.41, 5.74) is 1.02. The summed E-state index contributed by atoms with van der Waals surface area (Å²) in [6.45, 7) is 0.378. The number of ether oxygens (including phenoxy) is 1. The van der Waals surface area contributed by atoms with Gasteiger partial charge in [-0.2, -0.15) is 0 Å². The summed E-state index contributed by atoms with van der Waals surface area (Å²) < 4.78 is 5.34. The van der Waals surface area contributed by atoms with Crippen molar-refractivity contribution in [2.75, 3.05) is 4.43 Å². The number of hydrogen-bond donors (Lipinski definition) is 0. The van der Waals surface area contributed by atoms with E-state index in [4.69, 9.17) is 4.74 Å². The zero-order chi connectivity index (χ0) is 8.81. The standard InChI is InChI=1S/C9H9IO2/c10-6-9(11)12-7-8-4-2-1-3-5-8/h1-5H,6-7H2. The van der Waals surface area contributed by atoms with Crippen molar-refractivity contribution in [3.8, 4) is 0 Å². The van der Waals surface area contributed by atoms with Gasteiger partial charge in [0.2, 0.25) is 0 Å². The molecule has 0 spiro atoms. The highest BCUT2D eigenvalue weighted by Gasteiger charge is 1.98. The van der Waals surface area contributed by atoms with Gasteiger partial charge in [-0.25, -0.2) is 0 Å². The van der Waals surface area contributed by atoms with Crippen LogP contribution in [0.4, 0.5) is 0 Å². The highest BCUT2D eigenvalue weighted by Crippen LogP contribution is 2.00. The van der Waals surface area contributed by atoms with Gasteiger partial charge >= 0.3 is 5.97 Å². The maximum absolute atomic E-state index is 10.8. The fraction of sp³-hybridized carbons (Fsp3) is 0.222. The number of halogens is 1. The van der Waals surface area contributed by atoms with Crippen molar-refractivity contribution in [2.24, 2.45) is 0 Å². The summed E-state index contributed by atoms with van der Waals surface area (Å²) in [4.78, 5) is 10.8. The molecular weight excluding hydrogens is 267 g/mol. The lowest BCUT2D eigenvalue weighted by Crippen LogP contribution is -2.04. The van der Waals surface area contributed by atoms with Crippen LogP contribution in [0.1, 0.15) is 5.56 Å². The number of carbonyl (C=O) groups excluding carboxylic acids is 1. The summed E-state index contributed by atoms with van der Waals surface area (Å²) in [6, 6.07) is 9.64. The van der Waals surface area contributed by atoms with Crippen LogP contribution in [-0.2, 0) is 16.1 Å². The average molecular weight is 276 g/mol. The molecule has 64 valence electrons. The lowest BCUT2D eigenvalue weighted by atomic mass is 10.2. The van der Waals surface area contributed by atoms with Crippen molar-refractivity contribution in [1.82, 2.24) is 0 Å². The molecule has 0 fully saturated rings. The van der Waals surface area contributed by atoms with Crippen LogP contribution in [0.5, 0.6) is 0 Å². The summed E-state index contributed by atoms with van der Waals surface area (Å²) in [7, 11) is 0. The first kappa shape index (κ1) is 9.51. The van der Waals surface area contributed by atoms with E-state index in [0.29, 0.717) is 11.0 Å². The molecule has 12 heavy (non-hydrogen) atoms. The fourth-order valence-corrected chi connectivity index (χ4v) is 0.997. The highest BCUT2D eigenvalue weighted by molar-refractivity contribution is 14.1. The van der Waals surface area contributed by atoms with Gasteiger partial charge in [-0.1, -0.05) is 52.9 Å². The topological polar surface area (TPSA) is 26.3 Å². The first-order valence-corrected chi connectivity index (χ1v) is 5.11. The molecule has 0 aliphatic carbocycles. The Morgan fingerprint density at radius 3 is 2.58 bits per heavy atom. The van der Waals surface area contributed by atoms with E-state index in [1.54, 1.807) is 0 Å². The summed E-state index contributed by atoms with van der Waals surface area (Å²) in [5, 5.41) is 0. The van der Waals surface area contributed by atoms with Gasteiger partial charge in [0.05, 0.1) is 4.43 Å². The van der Waals surface area contributed by atoms with Crippen LogP contribution in [0.15, 0.2) is 30.3 Å². The predicted molar refractivity (Wildman–Crippen MR) is 55.1 cm³/mol. The van der Waals surface area contributed by atoms with Crippen molar-refractivity contribution in [3.63, 3.8) is 0 Å². The van der Waals surface area contributed by atoms with Gasteiger partial charge in [0.25, 0.3) is 0 Å². The van der Waals surface area contributed by atoms with Crippen LogP contribution in [0.2, 0.25) is 0 Å². The van der Waals surface area contributed by atoms with Gasteiger partial charge in [0.15, 0.2) is 0 Å². The van der Waals surface area contributed by atoms with Crippen LogP contribution < -0.4 is 0 Å². The minimum atomic E-state index is -0.167. The average Bonchev–Trinajstić information content (AvgIpc) is 2.16. The van der Waals surface area contributed by atoms with Crippen LogP contribution in [-0.4, -0.2) is 10.4 Å². The molecule has 0 aromatic heterocycles. The van der Waals surface area contributed by atoms with Crippen LogP contribution in [0, 0.1) is 0 Å². The molecule has 0 saturated heterocycles. The van der Waals surface area contributed by atoms with E-state index >= 15 is 0 Å². The Bertz CT molecular complexity index is 246. The number of hydrogen-bond acceptors (Lipinski definition) is 2. The minimum Gasteiger partial charge on any atom is -0.460 e. The van der Waals surface area contributed by atoms with E-state index in [9.17, 15) is 4.79 Å². The van der Waals surface area contributed by atoms with Crippen molar-refractivity contribution >= 4 is 28.6 Å². The van der Waals surface area contributed by atoms with Crippen molar-refractivity contribution < 1.29 is 9.53 Å². The number of esters is 1. The molecule has 0 aliphatic heterocycles. The second-order valence-electron chi connectivity index (χ2n) is 2.28. The largest absolute Gasteiger partial charge is 0.460 e. The SMILES string of the molecule is O=C(CI)OCc1ccccc1. The molecule has 3 heteroatoms. The van der Waals surface area contributed by atoms with Crippen LogP contribution in [0.25, 0.3) is 0 Å². The Morgan fingerprint density at radius 2 is 2.00 bits per heavy atom. The highest BCUT2D eigenvalue weighted by atomic mass is 127. The Labute approximate surface area is 85.1 Å². The third-order valence-electron chi connectivity index (χ3n) is 1.35. The maximum atomic E-state index is 10.8. The summed E-state index contributed by atoms with van der Waals surface area (Å²) >= 11 is 1.98. The van der Waals surface area contributed by atoms with Crippen molar-refractivity contribution in [1.29, 1.82) is 0 Å². The zero-order valence-electron chi connectivity index (χ0n) is 6.50. The Kier molecular flexibility index (Phi) is 4.07. The number of rotatable bonds is 3. The first-order chi connectivity index (χ1) is 5.83. The summed E-state index contributed by atoms with van der Waals surface area (Å²) in [5.74, 6) is -0.167.